The van der Waals surface area contributed by atoms with Gasteiger partial charge in [0.2, 0.25) is 0 Å². The fraction of sp³-hybridized carbons (Fsp3) is 1.00. The van der Waals surface area contributed by atoms with Crippen LogP contribution in [0.5, 0.6) is 0 Å². The molecular weight excluding hydrogens is 172 g/mol. The highest BCUT2D eigenvalue weighted by molar-refractivity contribution is 4.94. The van der Waals surface area contributed by atoms with E-state index in [1.165, 1.54) is 45.1 Å². The Labute approximate surface area is 87.6 Å². The van der Waals surface area contributed by atoms with E-state index >= 15 is 0 Å². The van der Waals surface area contributed by atoms with E-state index in [4.69, 9.17) is 5.73 Å². The molecule has 0 aromatic carbocycles. The third-order valence-corrected chi connectivity index (χ3v) is 4.33. The lowest BCUT2D eigenvalue weighted by molar-refractivity contribution is 0.389. The van der Waals surface area contributed by atoms with Crippen LogP contribution in [0.1, 0.15) is 45.4 Å². The molecule has 0 saturated heterocycles. The van der Waals surface area contributed by atoms with Gasteiger partial charge in [0.25, 0.3) is 0 Å². The minimum Gasteiger partial charge on any atom is -0.327 e. The molecule has 2 nitrogen and oxygen atoms in total. The normalized spacial score (nSPS) is 34.7. The predicted molar refractivity (Wildman–Crippen MR) is 60.1 cm³/mol. The quantitative estimate of drug-likeness (QED) is 0.705. The predicted octanol–water partition coefficient (Wildman–Crippen LogP) is 1.89. The van der Waals surface area contributed by atoms with Crippen LogP contribution in [0.4, 0.5) is 0 Å². The first-order chi connectivity index (χ1) is 6.76. The molecule has 2 saturated carbocycles. The highest BCUT2D eigenvalue weighted by Gasteiger charge is 2.40. The van der Waals surface area contributed by atoms with Crippen molar-refractivity contribution in [2.45, 2.75) is 51.5 Å². The molecule has 2 fully saturated rings. The average molecular weight is 196 g/mol. The minimum atomic E-state index is 0.472. The van der Waals surface area contributed by atoms with Crippen molar-refractivity contribution in [2.24, 2.45) is 17.1 Å². The van der Waals surface area contributed by atoms with E-state index in [0.717, 1.165) is 12.5 Å². The van der Waals surface area contributed by atoms with E-state index in [-0.39, 0.29) is 0 Å². The number of hydrogen-bond donors (Lipinski definition) is 2. The number of nitrogens with one attached hydrogen (secondary N) is 1. The lowest BCUT2D eigenvalue weighted by atomic mass is 10.0. The molecule has 2 aliphatic carbocycles. The topological polar surface area (TPSA) is 38.0 Å². The summed E-state index contributed by atoms with van der Waals surface area (Å²) in [6.45, 7) is 4.70. The van der Waals surface area contributed by atoms with Crippen molar-refractivity contribution in [3.05, 3.63) is 0 Å². The Balaban J connectivity index is 1.63. The monoisotopic (exact) mass is 196 g/mol. The largest absolute Gasteiger partial charge is 0.327 e. The standard InChI is InChI=1S/C12H24N2/c1-2-12(6-7-12)9-14-8-10-4-3-5-11(10)13/h10-11,14H,2-9,13H2,1H3. The van der Waals surface area contributed by atoms with Gasteiger partial charge >= 0.3 is 0 Å². The van der Waals surface area contributed by atoms with Crippen LogP contribution in [0.25, 0.3) is 0 Å². The van der Waals surface area contributed by atoms with Crippen LogP contribution in [0.3, 0.4) is 0 Å². The van der Waals surface area contributed by atoms with Crippen molar-refractivity contribution >= 4 is 0 Å². The molecule has 0 spiro atoms. The van der Waals surface area contributed by atoms with Crippen molar-refractivity contribution in [1.29, 1.82) is 0 Å². The van der Waals surface area contributed by atoms with Crippen molar-refractivity contribution < 1.29 is 0 Å². The first kappa shape index (κ1) is 10.4. The Hall–Kier alpha value is -0.0800. The smallest absolute Gasteiger partial charge is 0.00792 e. The highest BCUT2D eigenvalue weighted by Crippen LogP contribution is 2.47. The average Bonchev–Trinajstić information content (AvgIpc) is 2.86. The molecule has 2 rings (SSSR count). The van der Waals surface area contributed by atoms with Crippen LogP contribution >= 0.6 is 0 Å². The molecule has 0 amide bonds. The van der Waals surface area contributed by atoms with Gasteiger partial charge in [-0.1, -0.05) is 13.3 Å². The van der Waals surface area contributed by atoms with Gasteiger partial charge in [0.05, 0.1) is 0 Å². The summed E-state index contributed by atoms with van der Waals surface area (Å²) in [5.41, 5.74) is 6.72. The summed E-state index contributed by atoms with van der Waals surface area (Å²) >= 11 is 0. The molecule has 2 heteroatoms. The molecular formula is C12H24N2. The molecule has 0 aromatic rings. The Morgan fingerprint density at radius 2 is 2.14 bits per heavy atom. The Kier molecular flexibility index (Phi) is 3.13. The maximum absolute atomic E-state index is 6.04. The highest BCUT2D eigenvalue weighted by atomic mass is 14.9. The van der Waals surface area contributed by atoms with Gasteiger partial charge in [-0.05, 0) is 50.0 Å². The van der Waals surface area contributed by atoms with Crippen LogP contribution < -0.4 is 11.1 Å². The van der Waals surface area contributed by atoms with Gasteiger partial charge in [0, 0.05) is 12.6 Å². The summed E-state index contributed by atoms with van der Waals surface area (Å²) in [6.07, 6.45) is 8.14. The van der Waals surface area contributed by atoms with Crippen molar-refractivity contribution in [1.82, 2.24) is 5.32 Å². The zero-order valence-corrected chi connectivity index (χ0v) is 9.39. The van der Waals surface area contributed by atoms with Crippen LogP contribution in [0, 0.1) is 11.3 Å². The lowest BCUT2D eigenvalue weighted by Gasteiger charge is -2.19. The van der Waals surface area contributed by atoms with E-state index in [1.54, 1.807) is 0 Å². The SMILES string of the molecule is CCC1(CNCC2CCCC2N)CC1. The van der Waals surface area contributed by atoms with Gasteiger partial charge < -0.3 is 11.1 Å². The minimum absolute atomic E-state index is 0.472. The summed E-state index contributed by atoms with van der Waals surface area (Å²) in [4.78, 5) is 0. The van der Waals surface area contributed by atoms with Crippen LogP contribution in [-0.2, 0) is 0 Å². The van der Waals surface area contributed by atoms with Crippen molar-refractivity contribution in [2.75, 3.05) is 13.1 Å². The molecule has 0 aliphatic heterocycles. The molecule has 2 aliphatic rings. The molecule has 14 heavy (non-hydrogen) atoms. The maximum atomic E-state index is 6.04. The summed E-state index contributed by atoms with van der Waals surface area (Å²) < 4.78 is 0. The zero-order chi connectivity index (χ0) is 10.0. The molecule has 82 valence electrons. The van der Waals surface area contributed by atoms with Crippen molar-refractivity contribution in [3.8, 4) is 0 Å². The third-order valence-electron chi connectivity index (χ3n) is 4.33. The summed E-state index contributed by atoms with van der Waals surface area (Å²) in [5.74, 6) is 0.752. The Morgan fingerprint density at radius 3 is 2.64 bits per heavy atom. The van der Waals surface area contributed by atoms with E-state index in [2.05, 4.69) is 12.2 Å². The third kappa shape index (κ3) is 2.29. The Bertz CT molecular complexity index is 187. The molecule has 2 atom stereocenters. The summed E-state index contributed by atoms with van der Waals surface area (Å²) in [5, 5.41) is 3.63. The number of rotatable bonds is 5. The van der Waals surface area contributed by atoms with Gasteiger partial charge in [-0.15, -0.1) is 0 Å². The molecule has 2 unspecified atom stereocenters. The Morgan fingerprint density at radius 1 is 1.36 bits per heavy atom. The van der Waals surface area contributed by atoms with Gasteiger partial charge in [-0.25, -0.2) is 0 Å². The van der Waals surface area contributed by atoms with Gasteiger partial charge in [0.15, 0.2) is 0 Å². The molecule has 0 heterocycles. The fourth-order valence-corrected chi connectivity index (χ4v) is 2.67. The van der Waals surface area contributed by atoms with Crippen LogP contribution in [0.15, 0.2) is 0 Å². The van der Waals surface area contributed by atoms with E-state index in [9.17, 15) is 0 Å². The fourth-order valence-electron chi connectivity index (χ4n) is 2.67. The van der Waals surface area contributed by atoms with Crippen LogP contribution in [-0.4, -0.2) is 19.1 Å². The second-order valence-electron chi connectivity index (χ2n) is 5.34. The summed E-state index contributed by atoms with van der Waals surface area (Å²) in [7, 11) is 0. The first-order valence-corrected chi connectivity index (χ1v) is 6.22. The van der Waals surface area contributed by atoms with Crippen LogP contribution in [0.2, 0.25) is 0 Å². The maximum Gasteiger partial charge on any atom is 0.00792 e. The molecule has 3 N–H and O–H groups in total. The van der Waals surface area contributed by atoms with E-state index in [1.807, 2.05) is 0 Å². The first-order valence-electron chi connectivity index (χ1n) is 6.22. The second kappa shape index (κ2) is 4.19. The van der Waals surface area contributed by atoms with Gasteiger partial charge in [-0.2, -0.15) is 0 Å². The summed E-state index contributed by atoms with van der Waals surface area (Å²) in [6, 6.07) is 0.472. The van der Waals surface area contributed by atoms with E-state index in [0.29, 0.717) is 11.5 Å². The van der Waals surface area contributed by atoms with E-state index < -0.39 is 0 Å². The zero-order valence-electron chi connectivity index (χ0n) is 9.39. The molecule has 0 bridgehead atoms. The number of nitrogens with two attached hydrogens (primary N) is 1. The lowest BCUT2D eigenvalue weighted by Crippen LogP contribution is -2.35. The van der Waals surface area contributed by atoms with Gasteiger partial charge in [-0.3, -0.25) is 0 Å². The number of hydrogen-bond acceptors (Lipinski definition) is 2. The van der Waals surface area contributed by atoms with Crippen molar-refractivity contribution in [3.63, 3.8) is 0 Å². The van der Waals surface area contributed by atoms with Gasteiger partial charge in [0.1, 0.15) is 0 Å². The second-order valence-corrected chi connectivity index (χ2v) is 5.34. The molecule has 0 aromatic heterocycles. The molecule has 0 radical (unpaired) electrons.